The molecular weight excluding hydrogens is 306 g/mol. The predicted molar refractivity (Wildman–Crippen MR) is 92.2 cm³/mol. The molecule has 23 heavy (non-hydrogen) atoms. The maximum absolute atomic E-state index is 13.3. The summed E-state index contributed by atoms with van der Waals surface area (Å²) in [6.45, 7) is 1.96. The second-order valence-corrected chi connectivity index (χ2v) is 8.09. The second kappa shape index (κ2) is 5.24. The van der Waals surface area contributed by atoms with E-state index in [-0.39, 0.29) is 12.0 Å². The number of aryl methyl sites for hydroxylation is 1. The lowest BCUT2D eigenvalue weighted by molar-refractivity contribution is 0.553. The molecule has 0 radical (unpaired) electrons. The van der Waals surface area contributed by atoms with Crippen LogP contribution in [0.15, 0.2) is 65.6 Å². The molecule has 0 N–H and O–H groups in total. The van der Waals surface area contributed by atoms with Gasteiger partial charge in [-0.1, -0.05) is 48.0 Å². The van der Waals surface area contributed by atoms with Crippen LogP contribution >= 0.6 is 0 Å². The van der Waals surface area contributed by atoms with Gasteiger partial charge in [0.2, 0.25) is 0 Å². The number of anilines is 1. The van der Waals surface area contributed by atoms with Gasteiger partial charge < -0.3 is 0 Å². The van der Waals surface area contributed by atoms with Gasteiger partial charge in [-0.05, 0) is 43.5 Å². The van der Waals surface area contributed by atoms with Crippen molar-refractivity contribution in [2.24, 2.45) is 0 Å². The minimum absolute atomic E-state index is 0.104. The quantitative estimate of drug-likeness (QED) is 0.783. The molecule has 0 fully saturated rings. The summed E-state index contributed by atoms with van der Waals surface area (Å²) in [5.74, 6) is 0.261. The van der Waals surface area contributed by atoms with Crippen LogP contribution in [0.25, 0.3) is 0 Å². The van der Waals surface area contributed by atoms with E-state index in [1.807, 2.05) is 37.3 Å². The van der Waals surface area contributed by atoms with Crippen LogP contribution in [0.5, 0.6) is 0 Å². The highest BCUT2D eigenvalue weighted by atomic mass is 32.2. The highest BCUT2D eigenvalue weighted by Crippen LogP contribution is 2.47. The molecule has 1 aliphatic heterocycles. The van der Waals surface area contributed by atoms with Gasteiger partial charge in [-0.3, -0.25) is 4.31 Å². The first-order chi connectivity index (χ1) is 11.1. The van der Waals surface area contributed by atoms with E-state index < -0.39 is 10.0 Å². The summed E-state index contributed by atoms with van der Waals surface area (Å²) < 4.78 is 28.1. The van der Waals surface area contributed by atoms with E-state index in [1.165, 1.54) is 0 Å². The number of fused-ring (bicyclic) bond motifs is 3. The Morgan fingerprint density at radius 2 is 1.78 bits per heavy atom. The third kappa shape index (κ3) is 2.20. The van der Waals surface area contributed by atoms with Crippen LogP contribution in [-0.4, -0.2) is 14.5 Å². The summed E-state index contributed by atoms with van der Waals surface area (Å²) in [6.07, 6.45) is 6.16. The van der Waals surface area contributed by atoms with E-state index in [1.54, 1.807) is 16.4 Å². The second-order valence-electron chi connectivity index (χ2n) is 6.28. The Morgan fingerprint density at radius 3 is 2.57 bits per heavy atom. The van der Waals surface area contributed by atoms with Crippen LogP contribution < -0.4 is 4.31 Å². The molecule has 0 amide bonds. The van der Waals surface area contributed by atoms with Crippen molar-refractivity contribution >= 4 is 15.7 Å². The average molecular weight is 325 g/mol. The van der Waals surface area contributed by atoms with E-state index >= 15 is 0 Å². The smallest absolute Gasteiger partial charge is 0.259 e. The molecule has 1 aliphatic carbocycles. The van der Waals surface area contributed by atoms with Gasteiger partial charge in [0, 0.05) is 5.92 Å². The molecule has 4 heteroatoms. The first-order valence-corrected chi connectivity index (χ1v) is 9.40. The molecule has 2 aromatic rings. The number of benzene rings is 2. The van der Waals surface area contributed by atoms with Crippen molar-refractivity contribution in [3.8, 4) is 0 Å². The summed E-state index contributed by atoms with van der Waals surface area (Å²) in [6, 6.07) is 14.9. The molecule has 2 atom stereocenters. The largest absolute Gasteiger partial charge is 0.264 e. The van der Waals surface area contributed by atoms with Crippen molar-refractivity contribution in [1.82, 2.24) is 0 Å². The zero-order valence-electron chi connectivity index (χ0n) is 13.0. The van der Waals surface area contributed by atoms with Gasteiger partial charge in [-0.2, -0.15) is 0 Å². The van der Waals surface area contributed by atoms with Crippen LogP contribution in [0.1, 0.15) is 29.9 Å². The minimum Gasteiger partial charge on any atom is -0.259 e. The van der Waals surface area contributed by atoms with Crippen molar-refractivity contribution in [3.63, 3.8) is 0 Å². The van der Waals surface area contributed by atoms with E-state index in [9.17, 15) is 8.42 Å². The third-order valence-corrected chi connectivity index (χ3v) is 6.64. The van der Waals surface area contributed by atoms with Gasteiger partial charge >= 0.3 is 0 Å². The summed E-state index contributed by atoms with van der Waals surface area (Å²) in [7, 11) is -3.56. The fraction of sp³-hybridized carbons (Fsp3) is 0.263. The number of allylic oxidation sites excluding steroid dienone is 1. The average Bonchev–Trinajstić information content (AvgIpc) is 2.90. The minimum atomic E-state index is -3.56. The molecule has 0 saturated carbocycles. The molecule has 0 unspecified atom stereocenters. The Labute approximate surface area is 137 Å². The van der Waals surface area contributed by atoms with Crippen molar-refractivity contribution < 1.29 is 8.42 Å². The molecule has 2 aliphatic rings. The number of hydrogen-bond acceptors (Lipinski definition) is 2. The fourth-order valence-electron chi connectivity index (χ4n) is 3.67. The van der Waals surface area contributed by atoms with E-state index in [4.69, 9.17) is 0 Å². The molecule has 118 valence electrons. The highest BCUT2D eigenvalue weighted by Gasteiger charge is 2.43. The SMILES string of the molecule is Cc1ccc(S(=O)(=O)N2c3ccccc3[C@H]3CCC=C[C@H]32)cc1. The number of hydrogen-bond donors (Lipinski definition) is 0. The lowest BCUT2D eigenvalue weighted by Crippen LogP contribution is -2.38. The predicted octanol–water partition coefficient (Wildman–Crippen LogP) is 4.01. The van der Waals surface area contributed by atoms with Crippen molar-refractivity contribution in [2.75, 3.05) is 4.31 Å². The van der Waals surface area contributed by atoms with E-state index in [0.717, 1.165) is 29.7 Å². The molecule has 1 heterocycles. The maximum atomic E-state index is 13.3. The summed E-state index contributed by atoms with van der Waals surface area (Å²) in [5.41, 5.74) is 3.04. The van der Waals surface area contributed by atoms with Gasteiger partial charge in [0.15, 0.2) is 0 Å². The highest BCUT2D eigenvalue weighted by molar-refractivity contribution is 7.92. The molecule has 0 saturated heterocycles. The number of rotatable bonds is 2. The summed E-state index contributed by atoms with van der Waals surface area (Å²) in [4.78, 5) is 0.359. The van der Waals surface area contributed by atoms with E-state index in [2.05, 4.69) is 18.2 Å². The third-order valence-electron chi connectivity index (χ3n) is 4.81. The standard InChI is InChI=1S/C19H19NO2S/c1-14-10-12-15(13-11-14)23(21,22)20-18-8-4-2-6-16(18)17-7-3-5-9-19(17)20/h2,4-6,8-13,17,19H,3,7H2,1H3/t17-,19-/m1/s1. The van der Waals surface area contributed by atoms with E-state index in [0.29, 0.717) is 4.90 Å². The van der Waals surface area contributed by atoms with Crippen LogP contribution in [0.4, 0.5) is 5.69 Å². The normalized spacial score (nSPS) is 22.7. The fourth-order valence-corrected chi connectivity index (χ4v) is 5.34. The topological polar surface area (TPSA) is 37.4 Å². The lowest BCUT2D eigenvalue weighted by atomic mass is 9.87. The first-order valence-electron chi connectivity index (χ1n) is 7.96. The lowest BCUT2D eigenvalue weighted by Gasteiger charge is -2.29. The Hall–Kier alpha value is -2.07. The Morgan fingerprint density at radius 1 is 1.04 bits per heavy atom. The molecule has 4 rings (SSSR count). The van der Waals surface area contributed by atoms with Crippen LogP contribution in [-0.2, 0) is 10.0 Å². The molecule has 3 nitrogen and oxygen atoms in total. The van der Waals surface area contributed by atoms with Crippen molar-refractivity contribution in [1.29, 1.82) is 0 Å². The zero-order valence-corrected chi connectivity index (χ0v) is 13.8. The molecule has 0 aromatic heterocycles. The van der Waals surface area contributed by atoms with Gasteiger partial charge in [0.25, 0.3) is 10.0 Å². The molecular formula is C19H19NO2S. The first kappa shape index (κ1) is 14.5. The number of nitrogens with zero attached hydrogens (tertiary/aromatic N) is 1. The monoisotopic (exact) mass is 325 g/mol. The molecule has 0 spiro atoms. The van der Waals surface area contributed by atoms with Gasteiger partial charge in [0.1, 0.15) is 0 Å². The van der Waals surface area contributed by atoms with Crippen molar-refractivity contribution in [3.05, 3.63) is 71.8 Å². The maximum Gasteiger partial charge on any atom is 0.264 e. The Bertz CT molecular complexity index is 868. The molecule has 2 aromatic carbocycles. The van der Waals surface area contributed by atoms with Gasteiger partial charge in [-0.15, -0.1) is 0 Å². The van der Waals surface area contributed by atoms with Crippen LogP contribution in [0.3, 0.4) is 0 Å². The zero-order chi connectivity index (χ0) is 16.0. The Kier molecular flexibility index (Phi) is 3.31. The van der Waals surface area contributed by atoms with Crippen molar-refractivity contribution in [2.45, 2.75) is 36.6 Å². The summed E-state index contributed by atoms with van der Waals surface area (Å²) >= 11 is 0. The number of para-hydroxylation sites is 1. The van der Waals surface area contributed by atoms with Crippen LogP contribution in [0.2, 0.25) is 0 Å². The van der Waals surface area contributed by atoms with Crippen LogP contribution in [0, 0.1) is 6.92 Å². The van der Waals surface area contributed by atoms with Gasteiger partial charge in [-0.25, -0.2) is 8.42 Å². The van der Waals surface area contributed by atoms with Gasteiger partial charge in [0.05, 0.1) is 16.6 Å². The number of sulfonamides is 1. The Balaban J connectivity index is 1.88. The molecule has 0 bridgehead atoms. The summed E-state index contributed by atoms with van der Waals surface area (Å²) in [5, 5.41) is 0.